The monoisotopic (exact) mass is 220 g/mol. The molecule has 0 spiro atoms. The van der Waals surface area contributed by atoms with Crippen LogP contribution in [0.1, 0.15) is 17.9 Å². The van der Waals surface area contributed by atoms with Gasteiger partial charge in [-0.1, -0.05) is 12.1 Å². The predicted molar refractivity (Wildman–Crippen MR) is 61.3 cm³/mol. The molecule has 1 aromatic rings. The third kappa shape index (κ3) is 2.17. The average Bonchev–Trinajstić information content (AvgIpc) is 2.29. The first kappa shape index (κ1) is 11.0. The van der Waals surface area contributed by atoms with Gasteiger partial charge in [0.15, 0.2) is 0 Å². The van der Waals surface area contributed by atoms with E-state index in [1.165, 1.54) is 0 Å². The summed E-state index contributed by atoms with van der Waals surface area (Å²) in [5.74, 6) is 1.07. The Morgan fingerprint density at radius 2 is 2.06 bits per heavy atom. The maximum atomic E-state index is 11.1. The van der Waals surface area contributed by atoms with Crippen LogP contribution in [0, 0.1) is 0 Å². The molecule has 86 valence electrons. The molecular formula is C12H16N2O2. The smallest absolute Gasteiger partial charge is 0.221 e. The SMILES string of the molecule is COc1ccc(C2CNC(=O)CC2N)cc1. The van der Waals surface area contributed by atoms with Crippen LogP contribution < -0.4 is 15.8 Å². The van der Waals surface area contributed by atoms with Crippen LogP contribution in [0.15, 0.2) is 24.3 Å². The fraction of sp³-hybridized carbons (Fsp3) is 0.417. The van der Waals surface area contributed by atoms with Gasteiger partial charge in [-0.2, -0.15) is 0 Å². The zero-order valence-electron chi connectivity index (χ0n) is 9.27. The van der Waals surface area contributed by atoms with Crippen LogP contribution in [0.5, 0.6) is 5.75 Å². The number of nitrogens with one attached hydrogen (secondary N) is 1. The lowest BCUT2D eigenvalue weighted by Gasteiger charge is -2.29. The zero-order chi connectivity index (χ0) is 11.5. The Hall–Kier alpha value is -1.55. The molecule has 1 aliphatic rings. The van der Waals surface area contributed by atoms with E-state index >= 15 is 0 Å². The van der Waals surface area contributed by atoms with Crippen LogP contribution >= 0.6 is 0 Å². The molecule has 1 amide bonds. The number of hydrogen-bond acceptors (Lipinski definition) is 3. The molecule has 0 aromatic heterocycles. The average molecular weight is 220 g/mol. The molecule has 2 atom stereocenters. The van der Waals surface area contributed by atoms with Crippen molar-refractivity contribution in [2.75, 3.05) is 13.7 Å². The first-order chi connectivity index (χ1) is 7.70. The summed E-state index contributed by atoms with van der Waals surface area (Å²) in [6.07, 6.45) is 0.399. The van der Waals surface area contributed by atoms with E-state index in [1.54, 1.807) is 7.11 Å². The Kier molecular flexibility index (Phi) is 3.10. The van der Waals surface area contributed by atoms with E-state index < -0.39 is 0 Å². The molecule has 1 saturated heterocycles. The van der Waals surface area contributed by atoms with Crippen LogP contribution in [0.2, 0.25) is 0 Å². The highest BCUT2D eigenvalue weighted by molar-refractivity contribution is 5.77. The highest BCUT2D eigenvalue weighted by atomic mass is 16.5. The lowest BCUT2D eigenvalue weighted by atomic mass is 9.87. The van der Waals surface area contributed by atoms with Gasteiger partial charge in [0, 0.05) is 24.9 Å². The van der Waals surface area contributed by atoms with Gasteiger partial charge in [0.25, 0.3) is 0 Å². The number of benzene rings is 1. The van der Waals surface area contributed by atoms with Crippen molar-refractivity contribution in [2.45, 2.75) is 18.4 Å². The first-order valence-electron chi connectivity index (χ1n) is 5.37. The second kappa shape index (κ2) is 4.53. The van der Waals surface area contributed by atoms with Crippen molar-refractivity contribution >= 4 is 5.91 Å². The van der Waals surface area contributed by atoms with Gasteiger partial charge < -0.3 is 15.8 Å². The number of nitrogens with two attached hydrogens (primary N) is 1. The Morgan fingerprint density at radius 1 is 1.38 bits per heavy atom. The Morgan fingerprint density at radius 3 is 2.62 bits per heavy atom. The van der Waals surface area contributed by atoms with Crippen molar-refractivity contribution in [1.29, 1.82) is 0 Å². The van der Waals surface area contributed by atoms with Crippen LogP contribution in [-0.4, -0.2) is 25.6 Å². The summed E-state index contributed by atoms with van der Waals surface area (Å²) in [5.41, 5.74) is 7.13. The molecule has 3 N–H and O–H groups in total. The maximum absolute atomic E-state index is 11.1. The van der Waals surface area contributed by atoms with E-state index in [1.807, 2.05) is 24.3 Å². The Labute approximate surface area is 94.8 Å². The summed E-state index contributed by atoms with van der Waals surface area (Å²) in [5, 5.41) is 2.84. The van der Waals surface area contributed by atoms with Gasteiger partial charge in [0.05, 0.1) is 7.11 Å². The van der Waals surface area contributed by atoms with Crippen LogP contribution in [0.25, 0.3) is 0 Å². The van der Waals surface area contributed by atoms with Crippen molar-refractivity contribution in [3.63, 3.8) is 0 Å². The van der Waals surface area contributed by atoms with Gasteiger partial charge in [0.2, 0.25) is 5.91 Å². The van der Waals surface area contributed by atoms with Crippen molar-refractivity contribution in [3.8, 4) is 5.75 Å². The second-order valence-electron chi connectivity index (χ2n) is 4.05. The molecule has 1 fully saturated rings. The first-order valence-corrected chi connectivity index (χ1v) is 5.37. The molecule has 4 nitrogen and oxygen atoms in total. The van der Waals surface area contributed by atoms with E-state index in [2.05, 4.69) is 5.32 Å². The minimum Gasteiger partial charge on any atom is -0.497 e. The minimum atomic E-state index is -0.0952. The van der Waals surface area contributed by atoms with Crippen molar-refractivity contribution in [3.05, 3.63) is 29.8 Å². The molecule has 1 heterocycles. The number of methoxy groups -OCH3 is 1. The molecule has 0 saturated carbocycles. The standard InChI is InChI=1S/C12H16N2O2/c1-16-9-4-2-8(3-5-9)10-7-14-12(15)6-11(10)13/h2-5,10-11H,6-7,13H2,1H3,(H,14,15). The van der Waals surface area contributed by atoms with Gasteiger partial charge >= 0.3 is 0 Å². The number of rotatable bonds is 2. The fourth-order valence-electron chi connectivity index (χ4n) is 2.02. The molecule has 1 aliphatic heterocycles. The second-order valence-corrected chi connectivity index (χ2v) is 4.05. The molecule has 1 aromatic carbocycles. The molecule has 0 aliphatic carbocycles. The summed E-state index contributed by atoms with van der Waals surface area (Å²) in [6, 6.07) is 7.74. The third-order valence-corrected chi connectivity index (χ3v) is 3.00. The molecule has 2 rings (SSSR count). The predicted octanol–water partition coefficient (Wildman–Crippen LogP) is 0.626. The lowest BCUT2D eigenvalue weighted by Crippen LogP contribution is -2.46. The molecule has 16 heavy (non-hydrogen) atoms. The van der Waals surface area contributed by atoms with E-state index in [4.69, 9.17) is 10.5 Å². The summed E-state index contributed by atoms with van der Waals surface area (Å²) < 4.78 is 5.10. The Balaban J connectivity index is 2.14. The number of hydrogen-bond donors (Lipinski definition) is 2. The number of piperidine rings is 1. The van der Waals surface area contributed by atoms with E-state index in [0.717, 1.165) is 11.3 Å². The number of amides is 1. The normalized spacial score (nSPS) is 25.0. The van der Waals surface area contributed by atoms with Gasteiger partial charge in [-0.25, -0.2) is 0 Å². The van der Waals surface area contributed by atoms with Crippen molar-refractivity contribution in [1.82, 2.24) is 5.32 Å². The maximum Gasteiger partial charge on any atom is 0.221 e. The van der Waals surface area contributed by atoms with E-state index in [9.17, 15) is 4.79 Å². The summed E-state index contributed by atoms with van der Waals surface area (Å²) in [4.78, 5) is 11.1. The van der Waals surface area contributed by atoms with Gasteiger partial charge in [-0.15, -0.1) is 0 Å². The lowest BCUT2D eigenvalue weighted by molar-refractivity contribution is -0.122. The zero-order valence-corrected chi connectivity index (χ0v) is 9.27. The minimum absolute atomic E-state index is 0.0391. The molecular weight excluding hydrogens is 204 g/mol. The van der Waals surface area contributed by atoms with Crippen molar-refractivity contribution in [2.24, 2.45) is 5.73 Å². The highest BCUT2D eigenvalue weighted by Crippen LogP contribution is 2.24. The third-order valence-electron chi connectivity index (χ3n) is 3.00. The van der Waals surface area contributed by atoms with Gasteiger partial charge in [-0.05, 0) is 17.7 Å². The largest absolute Gasteiger partial charge is 0.497 e. The molecule has 2 unspecified atom stereocenters. The summed E-state index contributed by atoms with van der Waals surface area (Å²) >= 11 is 0. The van der Waals surface area contributed by atoms with Crippen molar-refractivity contribution < 1.29 is 9.53 Å². The number of ether oxygens (including phenoxy) is 1. The highest BCUT2D eigenvalue weighted by Gasteiger charge is 2.27. The molecule has 0 radical (unpaired) electrons. The van der Waals surface area contributed by atoms with E-state index in [0.29, 0.717) is 13.0 Å². The van der Waals surface area contributed by atoms with Gasteiger partial charge in [0.1, 0.15) is 5.75 Å². The Bertz CT molecular complexity index is 375. The van der Waals surface area contributed by atoms with E-state index in [-0.39, 0.29) is 17.9 Å². The summed E-state index contributed by atoms with van der Waals surface area (Å²) in [7, 11) is 1.64. The topological polar surface area (TPSA) is 64.3 Å². The quantitative estimate of drug-likeness (QED) is 0.768. The van der Waals surface area contributed by atoms with Crippen LogP contribution in [-0.2, 0) is 4.79 Å². The summed E-state index contributed by atoms with van der Waals surface area (Å²) in [6.45, 7) is 0.617. The number of carbonyl (C=O) groups excluding carboxylic acids is 1. The number of carbonyl (C=O) groups is 1. The van der Waals surface area contributed by atoms with Crippen LogP contribution in [0.4, 0.5) is 0 Å². The molecule has 4 heteroatoms. The fourth-order valence-corrected chi connectivity index (χ4v) is 2.02. The molecule has 0 bridgehead atoms. The van der Waals surface area contributed by atoms with Gasteiger partial charge in [-0.3, -0.25) is 4.79 Å². The van der Waals surface area contributed by atoms with Crippen LogP contribution in [0.3, 0.4) is 0 Å².